The van der Waals surface area contributed by atoms with E-state index in [9.17, 15) is 18.0 Å². The van der Waals surface area contributed by atoms with Crippen LogP contribution in [0.3, 0.4) is 0 Å². The molecule has 1 fully saturated rings. The third kappa shape index (κ3) is 3.79. The molecule has 164 valence electrons. The summed E-state index contributed by atoms with van der Waals surface area (Å²) in [7, 11) is 0. The zero-order valence-corrected chi connectivity index (χ0v) is 17.3. The van der Waals surface area contributed by atoms with E-state index in [1.165, 1.54) is 29.1 Å². The van der Waals surface area contributed by atoms with Gasteiger partial charge in [0.25, 0.3) is 11.1 Å². The highest BCUT2D eigenvalue weighted by Crippen LogP contribution is 2.37. The van der Waals surface area contributed by atoms with Gasteiger partial charge in [-0.1, -0.05) is 22.6 Å². The molecular formula is C21H16F3N5O2S. The maximum absolute atomic E-state index is 14.9. The molecule has 0 N–H and O–H groups in total. The molecule has 4 aromatic rings. The number of rotatable bonds is 4. The molecule has 1 saturated heterocycles. The normalized spacial score (nSPS) is 18.1. The van der Waals surface area contributed by atoms with Crippen molar-refractivity contribution in [1.82, 2.24) is 24.9 Å². The lowest BCUT2D eigenvalue weighted by atomic mass is 10.0. The lowest BCUT2D eigenvalue weighted by Crippen LogP contribution is -2.57. The van der Waals surface area contributed by atoms with E-state index in [2.05, 4.69) is 15.3 Å². The number of aromatic nitrogens is 4. The Hall–Kier alpha value is -3.47. The summed E-state index contributed by atoms with van der Waals surface area (Å²) in [6.45, 7) is 0.103. The number of halogens is 3. The van der Waals surface area contributed by atoms with E-state index in [0.717, 1.165) is 16.2 Å². The number of nitrogens with zero attached hydrogens (tertiary/aromatic N) is 5. The number of alkyl halides is 2. The Kier molecular flexibility index (Phi) is 5.04. The highest BCUT2D eigenvalue weighted by atomic mass is 32.1. The highest BCUT2D eigenvalue weighted by molar-refractivity contribution is 7.20. The molecule has 32 heavy (non-hydrogen) atoms. The first-order valence-corrected chi connectivity index (χ1v) is 10.6. The summed E-state index contributed by atoms with van der Waals surface area (Å²) < 4.78 is 50.7. The van der Waals surface area contributed by atoms with Gasteiger partial charge in [-0.3, -0.25) is 9.69 Å². The zero-order chi connectivity index (χ0) is 22.3. The van der Waals surface area contributed by atoms with Crippen molar-refractivity contribution in [2.45, 2.75) is 25.0 Å². The molecule has 0 spiro atoms. The van der Waals surface area contributed by atoms with Crippen LogP contribution in [-0.2, 0) is 0 Å². The quantitative estimate of drug-likeness (QED) is 0.455. The van der Waals surface area contributed by atoms with Crippen molar-refractivity contribution in [3.05, 3.63) is 66.2 Å². The summed E-state index contributed by atoms with van der Waals surface area (Å²) in [5.41, 5.74) is 1.22. The third-order valence-corrected chi connectivity index (χ3v) is 6.05. The molecular weight excluding hydrogens is 443 g/mol. The van der Waals surface area contributed by atoms with Gasteiger partial charge in [0.15, 0.2) is 0 Å². The number of benzene rings is 2. The number of amides is 1. The minimum atomic E-state index is -3.28. The fourth-order valence-corrected chi connectivity index (χ4v) is 4.49. The lowest BCUT2D eigenvalue weighted by molar-refractivity contribution is -0.172. The average Bonchev–Trinajstić information content (AvgIpc) is 3.44. The molecule has 1 atom stereocenters. The molecule has 0 bridgehead atoms. The monoisotopic (exact) mass is 459 g/mol. The number of fused-ring (bicyclic) bond motifs is 1. The summed E-state index contributed by atoms with van der Waals surface area (Å²) in [5.74, 6) is -4.33. The van der Waals surface area contributed by atoms with Crippen LogP contribution in [0.2, 0.25) is 0 Å². The number of likely N-dealkylation sites (tertiary alicyclic amines) is 1. The number of piperidine rings is 1. The molecule has 0 unspecified atom stereocenters. The van der Waals surface area contributed by atoms with Crippen LogP contribution in [0.25, 0.3) is 15.9 Å². The van der Waals surface area contributed by atoms with Crippen molar-refractivity contribution >= 4 is 27.5 Å². The average molecular weight is 459 g/mol. The molecule has 1 aliphatic rings. The van der Waals surface area contributed by atoms with E-state index in [1.807, 2.05) is 0 Å². The van der Waals surface area contributed by atoms with Crippen molar-refractivity contribution in [2.24, 2.45) is 0 Å². The fraction of sp³-hybridized carbons (Fsp3) is 0.238. The van der Waals surface area contributed by atoms with E-state index < -0.39 is 30.3 Å². The van der Waals surface area contributed by atoms with Crippen LogP contribution in [0.4, 0.5) is 13.2 Å². The van der Waals surface area contributed by atoms with Crippen LogP contribution in [0, 0.1) is 5.82 Å². The second kappa shape index (κ2) is 7.90. The first-order valence-electron chi connectivity index (χ1n) is 9.79. The van der Waals surface area contributed by atoms with Crippen LogP contribution in [-0.4, -0.2) is 49.5 Å². The maximum atomic E-state index is 14.9. The Labute approximate surface area is 184 Å². The van der Waals surface area contributed by atoms with Crippen LogP contribution in [0.1, 0.15) is 23.2 Å². The van der Waals surface area contributed by atoms with Crippen LogP contribution in [0.5, 0.6) is 5.19 Å². The van der Waals surface area contributed by atoms with E-state index in [0.29, 0.717) is 15.9 Å². The minimum Gasteiger partial charge on any atom is -0.439 e. The molecule has 2 aromatic carbocycles. The van der Waals surface area contributed by atoms with Crippen molar-refractivity contribution in [1.29, 1.82) is 0 Å². The van der Waals surface area contributed by atoms with Gasteiger partial charge in [-0.05, 0) is 42.8 Å². The Bertz CT molecular complexity index is 1280. The molecule has 0 saturated carbocycles. The standard InChI is InChI=1S/C21H16F3N5O2S/c22-14-5-6-16-17(12-14)32-20(26-16)31-19-21(23,24)7-2-9-28(19)18(30)13-3-1-4-15(11-13)29-10-8-25-27-29/h1,3-6,8,10-12,19H,2,7,9H2/t19-/m1/s1. The van der Waals surface area contributed by atoms with Gasteiger partial charge < -0.3 is 4.74 Å². The minimum absolute atomic E-state index is 0.0497. The predicted molar refractivity (Wildman–Crippen MR) is 111 cm³/mol. The van der Waals surface area contributed by atoms with Gasteiger partial charge in [-0.15, -0.1) is 5.10 Å². The molecule has 5 rings (SSSR count). The second-order valence-corrected chi connectivity index (χ2v) is 8.32. The van der Waals surface area contributed by atoms with E-state index in [4.69, 9.17) is 4.74 Å². The van der Waals surface area contributed by atoms with E-state index in [-0.39, 0.29) is 23.7 Å². The Morgan fingerprint density at radius 3 is 2.91 bits per heavy atom. The Morgan fingerprint density at radius 1 is 1.22 bits per heavy atom. The molecule has 0 aliphatic carbocycles. The van der Waals surface area contributed by atoms with Crippen molar-refractivity contribution in [3.8, 4) is 10.9 Å². The van der Waals surface area contributed by atoms with Gasteiger partial charge in [-0.25, -0.2) is 22.8 Å². The molecule has 2 aromatic heterocycles. The first kappa shape index (κ1) is 20.4. The van der Waals surface area contributed by atoms with E-state index >= 15 is 0 Å². The summed E-state index contributed by atoms with van der Waals surface area (Å²) >= 11 is 0.953. The molecule has 11 heteroatoms. The topological polar surface area (TPSA) is 73.1 Å². The number of thiazole rings is 1. The molecule has 7 nitrogen and oxygen atoms in total. The van der Waals surface area contributed by atoms with Gasteiger partial charge in [-0.2, -0.15) is 0 Å². The number of hydrogen-bond donors (Lipinski definition) is 0. The van der Waals surface area contributed by atoms with Gasteiger partial charge in [0.05, 0.1) is 28.3 Å². The highest BCUT2D eigenvalue weighted by Gasteiger charge is 2.50. The third-order valence-electron chi connectivity index (χ3n) is 5.14. The summed E-state index contributed by atoms with van der Waals surface area (Å²) in [5, 5.41) is 7.57. The Balaban J connectivity index is 1.46. The summed E-state index contributed by atoms with van der Waals surface area (Å²) in [4.78, 5) is 18.4. The molecule has 1 aliphatic heterocycles. The SMILES string of the molecule is O=C(c1cccc(-n2ccnn2)c1)N1CCCC(F)(F)[C@H]1Oc1nc2ccc(F)cc2s1. The van der Waals surface area contributed by atoms with E-state index in [1.54, 1.807) is 30.5 Å². The first-order chi connectivity index (χ1) is 15.4. The van der Waals surface area contributed by atoms with Crippen molar-refractivity contribution in [3.63, 3.8) is 0 Å². The van der Waals surface area contributed by atoms with Gasteiger partial charge >= 0.3 is 5.92 Å². The number of hydrogen-bond acceptors (Lipinski definition) is 6. The number of carbonyl (C=O) groups excluding carboxylic acids is 1. The lowest BCUT2D eigenvalue weighted by Gasteiger charge is -2.39. The molecule has 0 radical (unpaired) electrons. The van der Waals surface area contributed by atoms with Gasteiger partial charge in [0, 0.05) is 18.5 Å². The smallest absolute Gasteiger partial charge is 0.303 e. The maximum Gasteiger partial charge on any atom is 0.303 e. The van der Waals surface area contributed by atoms with Crippen molar-refractivity contribution in [2.75, 3.05) is 6.54 Å². The number of ether oxygens (including phenoxy) is 1. The summed E-state index contributed by atoms with van der Waals surface area (Å²) in [6, 6.07) is 10.4. The van der Waals surface area contributed by atoms with Crippen LogP contribution < -0.4 is 4.74 Å². The fourth-order valence-electron chi connectivity index (χ4n) is 3.63. The Morgan fingerprint density at radius 2 is 2.09 bits per heavy atom. The van der Waals surface area contributed by atoms with Gasteiger partial charge in [0.1, 0.15) is 5.82 Å². The number of carbonyl (C=O) groups is 1. The molecule has 1 amide bonds. The van der Waals surface area contributed by atoms with Crippen LogP contribution in [0.15, 0.2) is 54.9 Å². The van der Waals surface area contributed by atoms with Gasteiger partial charge in [0.2, 0.25) is 6.23 Å². The summed E-state index contributed by atoms with van der Waals surface area (Å²) in [6.07, 6.45) is 0.990. The van der Waals surface area contributed by atoms with Crippen LogP contribution >= 0.6 is 11.3 Å². The van der Waals surface area contributed by atoms with Crippen molar-refractivity contribution < 1.29 is 22.7 Å². The predicted octanol–water partition coefficient (Wildman–Crippen LogP) is 4.29. The second-order valence-electron chi connectivity index (χ2n) is 7.32. The largest absolute Gasteiger partial charge is 0.439 e. The molecule has 3 heterocycles. The zero-order valence-electron chi connectivity index (χ0n) is 16.5.